The fraction of sp³-hybridized carbons (Fsp3) is 0.273. The molecule has 0 amide bonds. The van der Waals surface area contributed by atoms with Gasteiger partial charge in [0, 0.05) is 17.9 Å². The molecule has 124 valence electrons. The molecule has 0 saturated carbocycles. The normalized spacial score (nSPS) is 13.0. The first-order chi connectivity index (χ1) is 11.7. The van der Waals surface area contributed by atoms with Crippen molar-refractivity contribution in [2.45, 2.75) is 32.1 Å². The van der Waals surface area contributed by atoms with Crippen molar-refractivity contribution in [2.24, 2.45) is 5.92 Å². The van der Waals surface area contributed by atoms with Crippen LogP contribution in [0, 0.1) is 5.92 Å². The van der Waals surface area contributed by atoms with Crippen LogP contribution in [0.4, 0.5) is 0 Å². The van der Waals surface area contributed by atoms with Gasteiger partial charge in [0.15, 0.2) is 5.78 Å². The monoisotopic (exact) mass is 320 g/mol. The number of ketones is 2. The summed E-state index contributed by atoms with van der Waals surface area (Å²) in [6.07, 6.45) is 3.89. The number of Topliss-reactive ketones (excluding diaryl/α,β-unsaturated/α-hetero) is 2. The SMILES string of the molecule is C=CC(c1ccccc1)C(C(=O)CCCC)C(=O)c1ccccc1. The zero-order chi connectivity index (χ0) is 17.4. The molecule has 0 aliphatic heterocycles. The van der Waals surface area contributed by atoms with Gasteiger partial charge in [-0.1, -0.05) is 80.1 Å². The van der Waals surface area contributed by atoms with E-state index in [-0.39, 0.29) is 17.5 Å². The maximum atomic E-state index is 13.1. The molecule has 0 saturated heterocycles. The van der Waals surface area contributed by atoms with Gasteiger partial charge in [-0.2, -0.15) is 0 Å². The van der Waals surface area contributed by atoms with E-state index in [1.54, 1.807) is 18.2 Å². The summed E-state index contributed by atoms with van der Waals surface area (Å²) in [5.41, 5.74) is 1.53. The molecule has 0 heterocycles. The van der Waals surface area contributed by atoms with Crippen LogP contribution in [0.1, 0.15) is 48.0 Å². The smallest absolute Gasteiger partial charge is 0.174 e. The third-order valence-electron chi connectivity index (χ3n) is 4.26. The van der Waals surface area contributed by atoms with Crippen molar-refractivity contribution < 1.29 is 9.59 Å². The third kappa shape index (κ3) is 4.29. The lowest BCUT2D eigenvalue weighted by Gasteiger charge is -2.23. The second-order valence-electron chi connectivity index (χ2n) is 5.95. The van der Waals surface area contributed by atoms with Crippen molar-refractivity contribution in [3.05, 3.63) is 84.4 Å². The molecule has 0 spiro atoms. The van der Waals surface area contributed by atoms with E-state index in [4.69, 9.17) is 0 Å². The summed E-state index contributed by atoms with van der Waals surface area (Å²) in [5, 5.41) is 0. The zero-order valence-corrected chi connectivity index (χ0v) is 14.2. The first-order valence-corrected chi connectivity index (χ1v) is 8.48. The molecule has 24 heavy (non-hydrogen) atoms. The van der Waals surface area contributed by atoms with Crippen LogP contribution in [0.25, 0.3) is 0 Å². The van der Waals surface area contributed by atoms with E-state index >= 15 is 0 Å². The Bertz CT molecular complexity index is 674. The lowest BCUT2D eigenvalue weighted by molar-refractivity contribution is -0.121. The van der Waals surface area contributed by atoms with Crippen molar-refractivity contribution in [2.75, 3.05) is 0 Å². The van der Waals surface area contributed by atoms with E-state index in [1.165, 1.54) is 0 Å². The third-order valence-corrected chi connectivity index (χ3v) is 4.26. The van der Waals surface area contributed by atoms with Gasteiger partial charge in [-0.15, -0.1) is 6.58 Å². The lowest BCUT2D eigenvalue weighted by Crippen LogP contribution is -2.29. The predicted molar refractivity (Wildman–Crippen MR) is 98.2 cm³/mol. The zero-order valence-electron chi connectivity index (χ0n) is 14.2. The van der Waals surface area contributed by atoms with Gasteiger partial charge in [0.1, 0.15) is 5.78 Å². The van der Waals surface area contributed by atoms with Gasteiger partial charge >= 0.3 is 0 Å². The Morgan fingerprint density at radius 1 is 1.00 bits per heavy atom. The Morgan fingerprint density at radius 3 is 2.12 bits per heavy atom. The van der Waals surface area contributed by atoms with E-state index in [1.807, 2.05) is 55.5 Å². The van der Waals surface area contributed by atoms with E-state index in [0.717, 1.165) is 18.4 Å². The molecule has 0 aliphatic rings. The molecule has 2 atom stereocenters. The highest BCUT2D eigenvalue weighted by Crippen LogP contribution is 2.31. The molecule has 2 aromatic carbocycles. The summed E-state index contributed by atoms with van der Waals surface area (Å²) in [7, 11) is 0. The van der Waals surface area contributed by atoms with Crippen LogP contribution in [-0.2, 0) is 4.79 Å². The fourth-order valence-electron chi connectivity index (χ4n) is 2.94. The maximum absolute atomic E-state index is 13.1. The van der Waals surface area contributed by atoms with Crippen LogP contribution in [0.15, 0.2) is 73.3 Å². The van der Waals surface area contributed by atoms with Crippen molar-refractivity contribution in [1.82, 2.24) is 0 Å². The number of rotatable bonds is 9. The molecular weight excluding hydrogens is 296 g/mol. The largest absolute Gasteiger partial charge is 0.299 e. The van der Waals surface area contributed by atoms with Crippen molar-refractivity contribution in [3.8, 4) is 0 Å². The molecule has 2 rings (SSSR count). The Balaban J connectivity index is 2.40. The van der Waals surface area contributed by atoms with Crippen LogP contribution >= 0.6 is 0 Å². The quantitative estimate of drug-likeness (QED) is 0.361. The van der Waals surface area contributed by atoms with E-state index in [9.17, 15) is 9.59 Å². The topological polar surface area (TPSA) is 34.1 Å². The molecular formula is C22H24O2. The highest BCUT2D eigenvalue weighted by molar-refractivity contribution is 6.11. The maximum Gasteiger partial charge on any atom is 0.174 e. The summed E-state index contributed by atoms with van der Waals surface area (Å²) >= 11 is 0. The minimum absolute atomic E-state index is 0.000504. The van der Waals surface area contributed by atoms with Crippen LogP contribution < -0.4 is 0 Å². The summed E-state index contributed by atoms with van der Waals surface area (Å²) in [4.78, 5) is 25.9. The fourth-order valence-corrected chi connectivity index (χ4v) is 2.94. The molecule has 0 bridgehead atoms. The van der Waals surface area contributed by atoms with Crippen LogP contribution in [0.2, 0.25) is 0 Å². The van der Waals surface area contributed by atoms with Gasteiger partial charge in [-0.3, -0.25) is 9.59 Å². The predicted octanol–water partition coefficient (Wildman–Crippen LogP) is 5.21. The van der Waals surface area contributed by atoms with Gasteiger partial charge in [-0.25, -0.2) is 0 Å². The van der Waals surface area contributed by atoms with Gasteiger partial charge in [0.25, 0.3) is 0 Å². The van der Waals surface area contributed by atoms with Gasteiger partial charge < -0.3 is 0 Å². The number of hydrogen-bond donors (Lipinski definition) is 0. The van der Waals surface area contributed by atoms with Crippen LogP contribution in [0.5, 0.6) is 0 Å². The van der Waals surface area contributed by atoms with E-state index in [0.29, 0.717) is 12.0 Å². The molecule has 0 fully saturated rings. The van der Waals surface area contributed by atoms with Crippen molar-refractivity contribution >= 4 is 11.6 Å². The summed E-state index contributed by atoms with van der Waals surface area (Å²) in [6, 6.07) is 18.7. The standard InChI is InChI=1S/C22H24O2/c1-3-5-16-20(23)21(22(24)18-14-10-7-11-15-18)19(4-2)17-12-8-6-9-13-17/h4,6-15,19,21H,2-3,5,16H2,1H3. The molecule has 0 aliphatic carbocycles. The van der Waals surface area contributed by atoms with Gasteiger partial charge in [0.2, 0.25) is 0 Å². The van der Waals surface area contributed by atoms with Crippen LogP contribution in [0.3, 0.4) is 0 Å². The minimum Gasteiger partial charge on any atom is -0.299 e. The average molecular weight is 320 g/mol. The summed E-state index contributed by atoms with van der Waals surface area (Å²) < 4.78 is 0. The number of carbonyl (C=O) groups excluding carboxylic acids is 2. The first kappa shape index (κ1) is 17.9. The first-order valence-electron chi connectivity index (χ1n) is 8.48. The number of hydrogen-bond acceptors (Lipinski definition) is 2. The van der Waals surface area contributed by atoms with Crippen LogP contribution in [-0.4, -0.2) is 11.6 Å². The summed E-state index contributed by atoms with van der Waals surface area (Å²) in [5.74, 6) is -1.13. The second kappa shape index (κ2) is 8.97. The molecule has 2 aromatic rings. The molecule has 2 unspecified atom stereocenters. The molecule has 2 nitrogen and oxygen atoms in total. The molecule has 0 radical (unpaired) electrons. The number of benzene rings is 2. The second-order valence-corrected chi connectivity index (χ2v) is 5.95. The molecule has 2 heteroatoms. The Morgan fingerprint density at radius 2 is 1.58 bits per heavy atom. The lowest BCUT2D eigenvalue weighted by atomic mass is 9.77. The van der Waals surface area contributed by atoms with Gasteiger partial charge in [0.05, 0.1) is 5.92 Å². The number of carbonyl (C=O) groups is 2. The van der Waals surface area contributed by atoms with Gasteiger partial charge in [-0.05, 0) is 12.0 Å². The Kier molecular flexibility index (Phi) is 6.68. The highest BCUT2D eigenvalue weighted by Gasteiger charge is 2.33. The molecule has 0 N–H and O–H groups in total. The minimum atomic E-state index is -0.709. The number of allylic oxidation sites excluding steroid dienone is 1. The Hall–Kier alpha value is -2.48. The molecule has 0 aromatic heterocycles. The Labute approximate surface area is 144 Å². The average Bonchev–Trinajstić information content (AvgIpc) is 2.65. The number of unbranched alkanes of at least 4 members (excludes halogenated alkanes) is 1. The van der Waals surface area contributed by atoms with E-state index < -0.39 is 5.92 Å². The summed E-state index contributed by atoms with van der Waals surface area (Å²) in [6.45, 7) is 5.94. The highest BCUT2D eigenvalue weighted by atomic mass is 16.1. The van der Waals surface area contributed by atoms with Crippen molar-refractivity contribution in [3.63, 3.8) is 0 Å². The van der Waals surface area contributed by atoms with E-state index in [2.05, 4.69) is 6.58 Å². The van der Waals surface area contributed by atoms with Crippen molar-refractivity contribution in [1.29, 1.82) is 0 Å².